The number of nitriles is 2. The Bertz CT molecular complexity index is 826. The number of anilines is 1. The van der Waals surface area contributed by atoms with Gasteiger partial charge in [0.25, 0.3) is 0 Å². The van der Waals surface area contributed by atoms with Crippen LogP contribution in [0.1, 0.15) is 24.0 Å². The number of ether oxygens (including phenoxy) is 1. The average molecular weight is 340 g/mol. The Kier molecular flexibility index (Phi) is 4.28. The molecule has 2 aromatic rings. The van der Waals surface area contributed by atoms with E-state index in [1.54, 1.807) is 24.3 Å². The van der Waals surface area contributed by atoms with Gasteiger partial charge in [-0.1, -0.05) is 12.1 Å². The lowest BCUT2D eigenvalue weighted by Gasteiger charge is -2.30. The molecular formula is C17H13FN4OS. The number of pyridine rings is 1. The summed E-state index contributed by atoms with van der Waals surface area (Å²) in [7, 11) is 0. The molecule has 0 spiro atoms. The zero-order chi connectivity index (χ0) is 17.3. The minimum Gasteiger partial charge on any atom is -0.490 e. The smallest absolute Gasteiger partial charge is 0.143 e. The molecule has 5 nitrogen and oxygen atoms in total. The summed E-state index contributed by atoms with van der Waals surface area (Å²) >= 11 is 4.16. The first-order chi connectivity index (χ1) is 11.5. The van der Waals surface area contributed by atoms with Crippen LogP contribution in [0.2, 0.25) is 0 Å². The molecular weight excluding hydrogens is 327 g/mol. The van der Waals surface area contributed by atoms with Crippen LogP contribution in [0.5, 0.6) is 5.75 Å². The standard InChI is InChI=1S/C17H13FN4OS/c18-10-5-12(6-10)23-11-3-1-9(2-4-11)15-13(7-19)16(21)22-17(24)14(15)8-20/h1-4,10,12H,5-6H2,(H3,21,22,24)/t10-,12+. The summed E-state index contributed by atoms with van der Waals surface area (Å²) in [5.41, 5.74) is 7.14. The van der Waals surface area contributed by atoms with Gasteiger partial charge in [-0.2, -0.15) is 10.5 Å². The molecule has 3 rings (SSSR count). The van der Waals surface area contributed by atoms with Crippen LogP contribution < -0.4 is 10.5 Å². The predicted molar refractivity (Wildman–Crippen MR) is 89.3 cm³/mol. The van der Waals surface area contributed by atoms with Gasteiger partial charge in [0.15, 0.2) is 0 Å². The van der Waals surface area contributed by atoms with Crippen LogP contribution in [0.3, 0.4) is 0 Å². The van der Waals surface area contributed by atoms with Gasteiger partial charge in [-0.25, -0.2) is 9.37 Å². The highest BCUT2D eigenvalue weighted by molar-refractivity contribution is 7.80. The third-order valence-electron chi connectivity index (χ3n) is 3.91. The second-order valence-electron chi connectivity index (χ2n) is 5.50. The largest absolute Gasteiger partial charge is 0.490 e. The van der Waals surface area contributed by atoms with Crippen molar-refractivity contribution in [2.75, 3.05) is 5.73 Å². The van der Waals surface area contributed by atoms with Crippen molar-refractivity contribution in [3.8, 4) is 29.0 Å². The number of alkyl halides is 1. The van der Waals surface area contributed by atoms with Crippen LogP contribution in [-0.4, -0.2) is 17.3 Å². The maximum atomic E-state index is 12.8. The van der Waals surface area contributed by atoms with Crippen LogP contribution in [0.15, 0.2) is 29.3 Å². The summed E-state index contributed by atoms with van der Waals surface area (Å²) in [6, 6.07) is 10.9. The van der Waals surface area contributed by atoms with Crippen molar-refractivity contribution in [2.24, 2.45) is 0 Å². The SMILES string of the molecule is N#Cc1c(N)nc(S)c(C#N)c1-c1ccc(O[C@H]2C[C@@H](F)C2)cc1. The Morgan fingerprint density at radius 1 is 1.17 bits per heavy atom. The van der Waals surface area contributed by atoms with E-state index >= 15 is 0 Å². The zero-order valence-corrected chi connectivity index (χ0v) is 13.4. The van der Waals surface area contributed by atoms with Gasteiger partial charge < -0.3 is 10.5 Å². The first-order valence-corrected chi connectivity index (χ1v) is 7.72. The van der Waals surface area contributed by atoms with E-state index in [0.717, 1.165) is 0 Å². The van der Waals surface area contributed by atoms with E-state index in [9.17, 15) is 14.9 Å². The summed E-state index contributed by atoms with van der Waals surface area (Å²) in [5, 5.41) is 18.9. The lowest BCUT2D eigenvalue weighted by molar-refractivity contribution is 0.0410. The number of nitrogens with zero attached hydrogens (tertiary/aromatic N) is 3. The Balaban J connectivity index is 1.97. The van der Waals surface area contributed by atoms with Crippen LogP contribution in [0.25, 0.3) is 11.1 Å². The fourth-order valence-electron chi connectivity index (χ4n) is 2.59. The van der Waals surface area contributed by atoms with Gasteiger partial charge in [0, 0.05) is 18.4 Å². The van der Waals surface area contributed by atoms with Crippen molar-refractivity contribution in [3.63, 3.8) is 0 Å². The molecule has 1 aromatic heterocycles. The molecule has 7 heteroatoms. The molecule has 0 radical (unpaired) electrons. The quantitative estimate of drug-likeness (QED) is 0.836. The maximum Gasteiger partial charge on any atom is 0.143 e. The third-order valence-corrected chi connectivity index (χ3v) is 4.24. The zero-order valence-electron chi connectivity index (χ0n) is 12.5. The number of thiol groups is 1. The molecule has 120 valence electrons. The highest BCUT2D eigenvalue weighted by Gasteiger charge is 2.30. The van der Waals surface area contributed by atoms with E-state index in [2.05, 4.69) is 17.6 Å². The van der Waals surface area contributed by atoms with Crippen molar-refractivity contribution in [2.45, 2.75) is 30.1 Å². The first-order valence-electron chi connectivity index (χ1n) is 7.27. The minimum absolute atomic E-state index is 0.0280. The van der Waals surface area contributed by atoms with Crippen molar-refractivity contribution in [1.29, 1.82) is 10.5 Å². The Morgan fingerprint density at radius 2 is 1.79 bits per heavy atom. The molecule has 2 N–H and O–H groups in total. The Morgan fingerprint density at radius 3 is 2.33 bits per heavy atom. The average Bonchev–Trinajstić information content (AvgIpc) is 2.53. The van der Waals surface area contributed by atoms with Gasteiger partial charge in [-0.05, 0) is 17.7 Å². The first kappa shape index (κ1) is 16.1. The summed E-state index contributed by atoms with van der Waals surface area (Å²) < 4.78 is 18.5. The fraction of sp³-hybridized carbons (Fsp3) is 0.235. The second kappa shape index (κ2) is 6.38. The normalized spacial score (nSPS) is 19.0. The molecule has 0 amide bonds. The molecule has 24 heavy (non-hydrogen) atoms. The monoisotopic (exact) mass is 340 g/mol. The van der Waals surface area contributed by atoms with Crippen molar-refractivity contribution in [1.82, 2.24) is 4.98 Å². The summed E-state index contributed by atoms with van der Waals surface area (Å²) in [4.78, 5) is 3.92. The molecule has 0 aliphatic heterocycles. The predicted octanol–water partition coefficient (Wildman–Crippen LogP) is 3.24. The van der Waals surface area contributed by atoms with E-state index in [-0.39, 0.29) is 28.1 Å². The number of aromatic nitrogens is 1. The van der Waals surface area contributed by atoms with Crippen LogP contribution in [0.4, 0.5) is 10.2 Å². The minimum atomic E-state index is -0.778. The van der Waals surface area contributed by atoms with Crippen LogP contribution in [0, 0.1) is 22.7 Å². The van der Waals surface area contributed by atoms with Gasteiger partial charge in [0.1, 0.15) is 46.6 Å². The molecule has 0 unspecified atom stereocenters. The molecule has 1 aliphatic rings. The van der Waals surface area contributed by atoms with Gasteiger partial charge in [-0.3, -0.25) is 0 Å². The molecule has 1 heterocycles. The number of benzene rings is 1. The van der Waals surface area contributed by atoms with Crippen molar-refractivity contribution >= 4 is 18.4 Å². The van der Waals surface area contributed by atoms with Crippen molar-refractivity contribution < 1.29 is 9.13 Å². The molecule has 1 aromatic carbocycles. The number of hydrogen-bond acceptors (Lipinski definition) is 6. The molecule has 0 bridgehead atoms. The van der Waals surface area contributed by atoms with E-state index in [1.165, 1.54) is 0 Å². The van der Waals surface area contributed by atoms with Gasteiger partial charge in [0.2, 0.25) is 0 Å². The van der Waals surface area contributed by atoms with Crippen molar-refractivity contribution in [3.05, 3.63) is 35.4 Å². The summed E-state index contributed by atoms with van der Waals surface area (Å²) in [6.07, 6.45) is -0.0684. The van der Waals surface area contributed by atoms with E-state index in [0.29, 0.717) is 29.7 Å². The number of rotatable bonds is 3. The van der Waals surface area contributed by atoms with E-state index in [1.807, 2.05) is 12.1 Å². The molecule has 1 aliphatic carbocycles. The highest BCUT2D eigenvalue weighted by atomic mass is 32.1. The Hall–Kier alpha value is -2.77. The lowest BCUT2D eigenvalue weighted by atomic mass is 9.93. The summed E-state index contributed by atoms with van der Waals surface area (Å²) in [5.74, 6) is 0.640. The van der Waals surface area contributed by atoms with Crippen LogP contribution in [-0.2, 0) is 0 Å². The third kappa shape index (κ3) is 2.86. The molecule has 0 saturated heterocycles. The fourth-order valence-corrected chi connectivity index (χ4v) is 2.86. The van der Waals surface area contributed by atoms with Gasteiger partial charge >= 0.3 is 0 Å². The van der Waals surface area contributed by atoms with Gasteiger partial charge in [0.05, 0.1) is 5.56 Å². The number of nitrogens with two attached hydrogens (primary N) is 1. The second-order valence-corrected chi connectivity index (χ2v) is 5.93. The molecule has 0 atom stereocenters. The van der Waals surface area contributed by atoms with E-state index < -0.39 is 6.17 Å². The summed E-state index contributed by atoms with van der Waals surface area (Å²) in [6.45, 7) is 0. The van der Waals surface area contributed by atoms with Crippen LogP contribution >= 0.6 is 12.6 Å². The van der Waals surface area contributed by atoms with E-state index in [4.69, 9.17) is 10.5 Å². The molecule has 1 saturated carbocycles. The molecule has 1 fully saturated rings. The number of nitrogen functional groups attached to an aromatic ring is 1. The van der Waals surface area contributed by atoms with Gasteiger partial charge in [-0.15, -0.1) is 12.6 Å². The topological polar surface area (TPSA) is 95.7 Å². The Labute approximate surface area is 143 Å². The number of hydrogen-bond donors (Lipinski definition) is 2. The number of halogens is 1. The lowest BCUT2D eigenvalue weighted by Crippen LogP contribution is -2.34. The highest BCUT2D eigenvalue weighted by Crippen LogP contribution is 2.34. The maximum absolute atomic E-state index is 12.8.